The number of cyclic esters (lactones) is 1. The molecule has 4 rings (SSSR count). The Balaban J connectivity index is 0.00000641. The van der Waals surface area contributed by atoms with E-state index in [4.69, 9.17) is 33.2 Å². The zero-order valence-electron chi connectivity index (χ0n) is 38.3. The predicted molar refractivity (Wildman–Crippen MR) is 216 cm³/mol. The summed E-state index contributed by atoms with van der Waals surface area (Å²) in [5.74, 6) is -5.83. The molecule has 3 heterocycles. The smallest absolute Gasteiger partial charge is 0.338 e. The SMILES string of the molecule is CC[C@H]1OC(=O)[C@H](C)[C@@H](O[C@H]2C[C@@](C)(OC)[C@@H](O)[C@H](C)O2)[C@H](C)[C@@H](OC2O[C@H](C)C[C@H](N(C)C)[C@H]2OC(=O)c2ccccc2)[C@](C)(O)C[C@@H](C)C(=O)[C@H](C)[C@@H](O)[C@]1(C)O.[Ac].[Ac]. The van der Waals surface area contributed by atoms with Gasteiger partial charge in [0.05, 0.1) is 59.2 Å². The Bertz CT molecular complexity index is 1570. The van der Waals surface area contributed by atoms with Crippen LogP contribution in [0.4, 0.5) is 0 Å². The first-order chi connectivity index (χ1) is 27.4. The van der Waals surface area contributed by atoms with Gasteiger partial charge in [-0.2, -0.15) is 0 Å². The summed E-state index contributed by atoms with van der Waals surface area (Å²) in [5.41, 5.74) is -4.66. The molecule has 1 unspecified atom stereocenters. The third-order valence-electron chi connectivity index (χ3n) is 13.0. The number of hydrogen-bond acceptors (Lipinski definition) is 15. The second kappa shape index (κ2) is 23.9. The number of Topliss-reactive ketones (excluding diaryl/α,β-unsaturated/α-hetero) is 1. The molecule has 61 heavy (non-hydrogen) atoms. The van der Waals surface area contributed by atoms with Gasteiger partial charge in [-0.15, -0.1) is 0 Å². The summed E-state index contributed by atoms with van der Waals surface area (Å²) in [5, 5.41) is 46.9. The minimum Gasteiger partial charge on any atom is -0.459 e. The number of ketones is 1. The topological polar surface area (TPSA) is 200 Å². The molecule has 0 aromatic heterocycles. The van der Waals surface area contributed by atoms with E-state index >= 15 is 0 Å². The average Bonchev–Trinajstić information content (AvgIpc) is 3.18. The van der Waals surface area contributed by atoms with Crippen molar-refractivity contribution in [2.45, 2.75) is 179 Å². The largest absolute Gasteiger partial charge is 0.459 e. The quantitative estimate of drug-likeness (QED) is 0.261. The van der Waals surface area contributed by atoms with Crippen LogP contribution in [0.2, 0.25) is 0 Å². The van der Waals surface area contributed by atoms with Crippen molar-refractivity contribution in [3.8, 4) is 0 Å². The maximum Gasteiger partial charge on any atom is 0.338 e. The summed E-state index contributed by atoms with van der Waals surface area (Å²) in [6.07, 6.45) is -10.2. The van der Waals surface area contributed by atoms with E-state index in [1.165, 1.54) is 27.9 Å². The van der Waals surface area contributed by atoms with Crippen LogP contribution in [0.15, 0.2) is 30.3 Å². The first kappa shape index (κ1) is 57.4. The van der Waals surface area contributed by atoms with Gasteiger partial charge in [0, 0.05) is 119 Å². The van der Waals surface area contributed by atoms with Crippen molar-refractivity contribution in [1.82, 2.24) is 4.90 Å². The second-order valence-corrected chi connectivity index (χ2v) is 18.2. The predicted octanol–water partition coefficient (Wildman–Crippen LogP) is 3.65. The summed E-state index contributed by atoms with van der Waals surface area (Å²) in [4.78, 5) is 43.9. The van der Waals surface area contributed by atoms with Gasteiger partial charge in [0.15, 0.2) is 18.7 Å². The number of ether oxygens (including phenoxy) is 7. The Morgan fingerprint density at radius 1 is 0.869 bits per heavy atom. The first-order valence-electron chi connectivity index (χ1n) is 21.0. The van der Waals surface area contributed by atoms with Gasteiger partial charge < -0.3 is 58.5 Å². The van der Waals surface area contributed by atoms with Gasteiger partial charge in [-0.1, -0.05) is 45.9 Å². The van der Waals surface area contributed by atoms with Gasteiger partial charge in [-0.3, -0.25) is 9.59 Å². The number of esters is 2. The summed E-state index contributed by atoms with van der Waals surface area (Å²) in [6, 6.07) is 8.15. The molecule has 3 aliphatic rings. The average molecular weight is 1290 g/mol. The number of benzene rings is 1. The Labute approximate surface area is 434 Å². The van der Waals surface area contributed by atoms with Crippen LogP contribution in [0, 0.1) is 112 Å². The van der Waals surface area contributed by atoms with E-state index < -0.39 is 114 Å². The Hall–Kier alpha value is 0.313. The normalized spacial score (nSPS) is 43.0. The summed E-state index contributed by atoms with van der Waals surface area (Å²) in [6.45, 7) is 16.3. The minimum atomic E-state index is -2.03. The molecule has 0 saturated carbocycles. The number of aliphatic hydroxyl groups excluding tert-OH is 2. The summed E-state index contributed by atoms with van der Waals surface area (Å²) >= 11 is 0. The monoisotopic (exact) mass is 1290 g/mol. The van der Waals surface area contributed by atoms with Gasteiger partial charge in [-0.25, -0.2) is 4.79 Å². The van der Waals surface area contributed by atoms with Crippen molar-refractivity contribution in [3.05, 3.63) is 35.9 Å². The van der Waals surface area contributed by atoms with Crippen LogP contribution in [-0.4, -0.2) is 149 Å². The molecule has 17 heteroatoms. The molecule has 4 N–H and O–H groups in total. The van der Waals surface area contributed by atoms with E-state index in [-0.39, 0.29) is 120 Å². The number of aliphatic hydroxyl groups is 4. The zero-order valence-corrected chi connectivity index (χ0v) is 47.8. The van der Waals surface area contributed by atoms with Crippen LogP contribution in [0.5, 0.6) is 0 Å². The third-order valence-corrected chi connectivity index (χ3v) is 13.0. The van der Waals surface area contributed by atoms with E-state index in [0.717, 1.165) is 0 Å². The number of rotatable bonds is 9. The molecule has 2 radical (unpaired) electrons. The standard InChI is InChI=1S/C44H71NO14.2Ac/c1-14-31-44(10,52)36(47)25(4)33(46)23(2)21-42(8,51)38(26(5)34(27(6)39(49)56-31)57-32-22-43(9,53-13)37(48)28(7)55-32)59-41-35(30(45(11)12)20-24(3)54-41)58-40(50)29-18-16-15-17-19-29;;/h15-19,23-28,30-32,34-38,41,47-48,51-52H,14,20-22H2,1-13H3;;/t23-,24-,25+,26+,27-,28+,30+,31-,32+,34+,35-,36-,37+,38-,41?,42-,43-,44-;;/m1../s1. The van der Waals surface area contributed by atoms with E-state index in [1.54, 1.807) is 71.9 Å². The van der Waals surface area contributed by atoms with Gasteiger partial charge in [0.2, 0.25) is 0 Å². The molecule has 1 aromatic rings. The molecule has 0 aliphatic carbocycles. The van der Waals surface area contributed by atoms with Crippen molar-refractivity contribution in [2.75, 3.05) is 21.2 Å². The van der Waals surface area contributed by atoms with Crippen LogP contribution < -0.4 is 0 Å². The number of likely N-dealkylation sites (N-methyl/N-ethyl adjacent to an activating group) is 1. The van der Waals surface area contributed by atoms with Crippen molar-refractivity contribution in [3.63, 3.8) is 0 Å². The van der Waals surface area contributed by atoms with Gasteiger partial charge in [-0.05, 0) is 87.0 Å². The van der Waals surface area contributed by atoms with Crippen LogP contribution in [0.1, 0.15) is 105 Å². The number of carbonyl (C=O) groups is 3. The van der Waals surface area contributed by atoms with Gasteiger partial charge in [0.25, 0.3) is 0 Å². The number of methoxy groups -OCH3 is 1. The van der Waals surface area contributed by atoms with Crippen molar-refractivity contribution in [2.24, 2.45) is 23.7 Å². The van der Waals surface area contributed by atoms with Crippen LogP contribution in [0.25, 0.3) is 0 Å². The molecule has 1 aromatic carbocycles. The Morgan fingerprint density at radius 2 is 1.48 bits per heavy atom. The fourth-order valence-corrected chi connectivity index (χ4v) is 9.29. The fraction of sp³-hybridized carbons (Fsp3) is 0.795. The molecule has 18 atom stereocenters. The van der Waals surface area contributed by atoms with Crippen LogP contribution in [-0.2, 0) is 42.7 Å². The van der Waals surface area contributed by atoms with E-state index in [0.29, 0.717) is 12.0 Å². The van der Waals surface area contributed by atoms with Gasteiger partial charge in [0.1, 0.15) is 23.6 Å². The van der Waals surface area contributed by atoms with Crippen molar-refractivity contribution in [1.29, 1.82) is 0 Å². The summed E-state index contributed by atoms with van der Waals surface area (Å²) in [7, 11) is 5.20. The van der Waals surface area contributed by atoms with Gasteiger partial charge >= 0.3 is 11.9 Å². The Kier molecular flexibility index (Phi) is 22.5. The second-order valence-electron chi connectivity index (χ2n) is 18.2. The molecule has 3 fully saturated rings. The number of carbonyl (C=O) groups excluding carboxylic acids is 3. The maximum atomic E-state index is 14.3. The molecule has 342 valence electrons. The molecule has 0 spiro atoms. The third kappa shape index (κ3) is 13.5. The number of hydrogen-bond donors (Lipinski definition) is 4. The molecule has 3 saturated heterocycles. The summed E-state index contributed by atoms with van der Waals surface area (Å²) < 4.78 is 44.2. The van der Waals surface area contributed by atoms with E-state index in [1.807, 2.05) is 25.9 Å². The molecular weight excluding hydrogens is 1220 g/mol. The molecule has 0 bridgehead atoms. The Morgan fingerprint density at radius 3 is 2.03 bits per heavy atom. The minimum absolute atomic E-state index is 0. The van der Waals surface area contributed by atoms with E-state index in [9.17, 15) is 34.8 Å². The molecule has 0 amide bonds. The fourth-order valence-electron chi connectivity index (χ4n) is 9.29. The molecule has 3 aliphatic heterocycles. The van der Waals surface area contributed by atoms with Crippen LogP contribution in [0.3, 0.4) is 0 Å². The number of nitrogens with zero attached hydrogens (tertiary/aromatic N) is 1. The van der Waals surface area contributed by atoms with E-state index in [2.05, 4.69) is 0 Å². The molecule has 15 nitrogen and oxygen atoms in total. The van der Waals surface area contributed by atoms with Crippen molar-refractivity contribution >= 4 is 17.7 Å². The maximum absolute atomic E-state index is 14.3. The molecular formula is C44H71Ac2NO14. The first-order valence-corrected chi connectivity index (χ1v) is 21.0. The zero-order chi connectivity index (χ0) is 44.4. The van der Waals surface area contributed by atoms with Crippen molar-refractivity contribution < 1.29 is 156 Å². The van der Waals surface area contributed by atoms with Crippen LogP contribution >= 0.6 is 0 Å².